The number of rotatable bonds is 2. The maximum atomic E-state index is 5.55. The van der Waals surface area contributed by atoms with Crippen LogP contribution in [0.15, 0.2) is 16.7 Å². The molecular formula is C8H9BrN2O. The smallest absolute Gasteiger partial charge is 0.152 e. The summed E-state index contributed by atoms with van der Waals surface area (Å²) < 4.78 is 6.42. The van der Waals surface area contributed by atoms with Gasteiger partial charge in [0, 0.05) is 0 Å². The summed E-state index contributed by atoms with van der Waals surface area (Å²) in [5, 5.41) is 0. The summed E-state index contributed by atoms with van der Waals surface area (Å²) in [6.45, 7) is 0. The minimum Gasteiger partial charge on any atom is -0.488 e. The van der Waals surface area contributed by atoms with Crippen molar-refractivity contribution in [3.8, 4) is 5.75 Å². The van der Waals surface area contributed by atoms with Crippen LogP contribution in [0.5, 0.6) is 5.75 Å². The van der Waals surface area contributed by atoms with Crippen molar-refractivity contribution in [3.05, 3.63) is 16.7 Å². The normalized spacial score (nSPS) is 16.1. The molecule has 1 saturated carbocycles. The van der Waals surface area contributed by atoms with Crippen molar-refractivity contribution in [2.75, 3.05) is 5.73 Å². The molecule has 4 heteroatoms. The molecule has 1 aliphatic rings. The molecular weight excluding hydrogens is 220 g/mol. The lowest BCUT2D eigenvalue weighted by atomic mass is 10.4. The molecule has 2 N–H and O–H groups in total. The van der Waals surface area contributed by atoms with Crippen molar-refractivity contribution >= 4 is 21.7 Å². The number of hydrogen-bond acceptors (Lipinski definition) is 3. The number of ether oxygens (including phenoxy) is 1. The molecule has 0 bridgehead atoms. The zero-order chi connectivity index (χ0) is 8.55. The Morgan fingerprint density at radius 2 is 2.33 bits per heavy atom. The van der Waals surface area contributed by atoms with Crippen LogP contribution in [0.1, 0.15) is 12.8 Å². The van der Waals surface area contributed by atoms with Crippen LogP contribution in [0.4, 0.5) is 5.82 Å². The van der Waals surface area contributed by atoms with Crippen molar-refractivity contribution < 1.29 is 4.74 Å². The highest BCUT2D eigenvalue weighted by molar-refractivity contribution is 9.10. The monoisotopic (exact) mass is 228 g/mol. The third-order valence-electron chi connectivity index (χ3n) is 1.66. The molecule has 12 heavy (non-hydrogen) atoms. The van der Waals surface area contributed by atoms with Gasteiger partial charge in [-0.3, -0.25) is 0 Å². The van der Waals surface area contributed by atoms with E-state index in [9.17, 15) is 0 Å². The van der Waals surface area contributed by atoms with Gasteiger partial charge in [-0.2, -0.15) is 0 Å². The van der Waals surface area contributed by atoms with Crippen molar-refractivity contribution in [1.29, 1.82) is 0 Å². The standard InChI is InChI=1S/C8H9BrN2O/c9-6-3-8(10)11-4-7(6)12-5-1-2-5/h3-5H,1-2H2,(H2,10,11). The van der Waals surface area contributed by atoms with Gasteiger partial charge in [-0.15, -0.1) is 0 Å². The Bertz CT molecular complexity index is 299. The number of nitrogens with zero attached hydrogens (tertiary/aromatic N) is 1. The fraction of sp³-hybridized carbons (Fsp3) is 0.375. The quantitative estimate of drug-likeness (QED) is 0.843. The molecule has 0 aliphatic heterocycles. The van der Waals surface area contributed by atoms with Crippen molar-refractivity contribution in [2.45, 2.75) is 18.9 Å². The van der Waals surface area contributed by atoms with E-state index in [1.165, 1.54) is 0 Å². The van der Waals surface area contributed by atoms with Crippen LogP contribution >= 0.6 is 15.9 Å². The van der Waals surface area contributed by atoms with E-state index in [0.717, 1.165) is 23.1 Å². The minimum atomic E-state index is 0.395. The van der Waals surface area contributed by atoms with E-state index in [0.29, 0.717) is 11.9 Å². The maximum Gasteiger partial charge on any atom is 0.152 e. The largest absolute Gasteiger partial charge is 0.488 e. The first-order valence-corrected chi connectivity index (χ1v) is 4.62. The molecule has 1 aromatic rings. The predicted molar refractivity (Wildman–Crippen MR) is 50.0 cm³/mol. The summed E-state index contributed by atoms with van der Waals surface area (Å²) in [5.74, 6) is 1.29. The second-order valence-electron chi connectivity index (χ2n) is 2.86. The van der Waals surface area contributed by atoms with Crippen LogP contribution in [0.2, 0.25) is 0 Å². The lowest BCUT2D eigenvalue weighted by Gasteiger charge is -2.05. The van der Waals surface area contributed by atoms with Gasteiger partial charge in [0.05, 0.1) is 16.8 Å². The van der Waals surface area contributed by atoms with Crippen LogP contribution in [-0.2, 0) is 0 Å². The van der Waals surface area contributed by atoms with Gasteiger partial charge in [0.25, 0.3) is 0 Å². The van der Waals surface area contributed by atoms with Gasteiger partial charge in [-0.25, -0.2) is 4.98 Å². The molecule has 2 rings (SSSR count). The van der Waals surface area contributed by atoms with Crippen LogP contribution in [0, 0.1) is 0 Å². The number of halogens is 1. The Labute approximate surface area is 79.1 Å². The summed E-state index contributed by atoms with van der Waals surface area (Å²) in [6.07, 6.45) is 4.34. The second kappa shape index (κ2) is 2.94. The van der Waals surface area contributed by atoms with Gasteiger partial charge in [0.2, 0.25) is 0 Å². The number of anilines is 1. The minimum absolute atomic E-state index is 0.395. The predicted octanol–water partition coefficient (Wildman–Crippen LogP) is 1.97. The van der Waals surface area contributed by atoms with E-state index < -0.39 is 0 Å². The molecule has 1 fully saturated rings. The number of hydrogen-bond donors (Lipinski definition) is 1. The van der Waals surface area contributed by atoms with Gasteiger partial charge < -0.3 is 10.5 Å². The first-order valence-electron chi connectivity index (χ1n) is 3.83. The Kier molecular flexibility index (Phi) is 1.92. The van der Waals surface area contributed by atoms with Crippen molar-refractivity contribution in [1.82, 2.24) is 4.98 Å². The second-order valence-corrected chi connectivity index (χ2v) is 3.71. The van der Waals surface area contributed by atoms with Crippen molar-refractivity contribution in [2.24, 2.45) is 0 Å². The van der Waals surface area contributed by atoms with Gasteiger partial charge in [0.15, 0.2) is 5.75 Å². The summed E-state index contributed by atoms with van der Waals surface area (Å²) >= 11 is 3.36. The molecule has 0 unspecified atom stereocenters. The number of aromatic nitrogens is 1. The molecule has 0 saturated heterocycles. The average Bonchev–Trinajstić information content (AvgIpc) is 2.79. The zero-order valence-electron chi connectivity index (χ0n) is 6.46. The summed E-state index contributed by atoms with van der Waals surface area (Å²) in [5.41, 5.74) is 5.48. The van der Waals surface area contributed by atoms with Crippen LogP contribution in [-0.4, -0.2) is 11.1 Å². The molecule has 0 amide bonds. The number of nitrogens with two attached hydrogens (primary N) is 1. The molecule has 0 atom stereocenters. The van der Waals surface area contributed by atoms with Gasteiger partial charge in [0.1, 0.15) is 5.82 Å². The number of nitrogen functional groups attached to an aromatic ring is 1. The number of pyridine rings is 1. The Morgan fingerprint density at radius 1 is 1.58 bits per heavy atom. The van der Waals surface area contributed by atoms with Gasteiger partial charge >= 0.3 is 0 Å². The third-order valence-corrected chi connectivity index (χ3v) is 2.28. The van der Waals surface area contributed by atoms with Gasteiger partial charge in [-0.05, 0) is 34.8 Å². The SMILES string of the molecule is Nc1cc(Br)c(OC2CC2)cn1. The fourth-order valence-corrected chi connectivity index (χ4v) is 1.32. The highest BCUT2D eigenvalue weighted by atomic mass is 79.9. The van der Waals surface area contributed by atoms with E-state index in [4.69, 9.17) is 10.5 Å². The van der Waals surface area contributed by atoms with E-state index in [1.807, 2.05) is 0 Å². The van der Waals surface area contributed by atoms with Crippen LogP contribution < -0.4 is 10.5 Å². The first kappa shape index (κ1) is 7.86. The highest BCUT2D eigenvalue weighted by Gasteiger charge is 2.24. The lowest BCUT2D eigenvalue weighted by Crippen LogP contribution is -1.98. The molecule has 64 valence electrons. The Balaban J connectivity index is 2.18. The summed E-state index contributed by atoms with van der Waals surface area (Å²) in [6, 6.07) is 1.75. The molecule has 3 nitrogen and oxygen atoms in total. The van der Waals surface area contributed by atoms with Gasteiger partial charge in [-0.1, -0.05) is 0 Å². The fourth-order valence-electron chi connectivity index (χ4n) is 0.885. The van der Waals surface area contributed by atoms with E-state index >= 15 is 0 Å². The molecule has 0 radical (unpaired) electrons. The Morgan fingerprint density at radius 3 is 2.92 bits per heavy atom. The van der Waals surface area contributed by atoms with Crippen LogP contribution in [0.3, 0.4) is 0 Å². The first-order chi connectivity index (χ1) is 5.75. The Hall–Kier alpha value is -0.770. The summed E-state index contributed by atoms with van der Waals surface area (Å²) in [7, 11) is 0. The average molecular weight is 229 g/mol. The highest BCUT2D eigenvalue weighted by Crippen LogP contribution is 2.31. The van der Waals surface area contributed by atoms with E-state index in [-0.39, 0.29) is 0 Å². The molecule has 1 aromatic heterocycles. The summed E-state index contributed by atoms with van der Waals surface area (Å²) in [4.78, 5) is 3.94. The van der Waals surface area contributed by atoms with E-state index in [2.05, 4.69) is 20.9 Å². The van der Waals surface area contributed by atoms with Crippen molar-refractivity contribution in [3.63, 3.8) is 0 Å². The topological polar surface area (TPSA) is 48.1 Å². The van der Waals surface area contributed by atoms with Crippen LogP contribution in [0.25, 0.3) is 0 Å². The third kappa shape index (κ3) is 1.69. The molecule has 1 heterocycles. The molecule has 1 aliphatic carbocycles. The molecule has 0 aromatic carbocycles. The lowest BCUT2D eigenvalue weighted by molar-refractivity contribution is 0.300. The zero-order valence-corrected chi connectivity index (χ0v) is 8.04. The van der Waals surface area contributed by atoms with E-state index in [1.54, 1.807) is 12.3 Å². The molecule has 0 spiro atoms. The maximum absolute atomic E-state index is 5.55.